The number of nitrogens with one attached hydrogen (secondary N) is 2. The van der Waals surface area contributed by atoms with E-state index in [4.69, 9.17) is 9.47 Å². The third-order valence-corrected chi connectivity index (χ3v) is 8.67. The van der Waals surface area contributed by atoms with Crippen LogP contribution in [-0.4, -0.2) is 52.0 Å². The van der Waals surface area contributed by atoms with Gasteiger partial charge in [0.1, 0.15) is 16.6 Å². The summed E-state index contributed by atoms with van der Waals surface area (Å²) in [4.78, 5) is 39.6. The molecule has 218 valence electrons. The Hall–Kier alpha value is -4.23. The number of ether oxygens (including phenoxy) is 2. The van der Waals surface area contributed by atoms with Crippen LogP contribution in [-0.2, 0) is 28.9 Å². The molecular weight excluding hydrogens is 581 g/mol. The Kier molecular flexibility index (Phi) is 9.18. The van der Waals surface area contributed by atoms with E-state index in [2.05, 4.69) is 20.8 Å². The van der Waals surface area contributed by atoms with Gasteiger partial charge in [0, 0.05) is 10.6 Å². The number of anilines is 1. The molecule has 13 heteroatoms. The largest absolute Gasteiger partial charge is 0.496 e. The summed E-state index contributed by atoms with van der Waals surface area (Å²) < 4.78 is 25.9. The Morgan fingerprint density at radius 1 is 1.10 bits per heavy atom. The lowest BCUT2D eigenvalue weighted by Crippen LogP contribution is -2.25. The maximum atomic E-state index is 13.7. The molecule has 2 aromatic carbocycles. The lowest BCUT2D eigenvalue weighted by Gasteiger charge is -2.12. The Balaban J connectivity index is 1.33. The zero-order valence-corrected chi connectivity index (χ0v) is 24.6. The van der Waals surface area contributed by atoms with Crippen LogP contribution in [0.25, 0.3) is 5.69 Å². The van der Waals surface area contributed by atoms with E-state index in [-0.39, 0.29) is 30.7 Å². The van der Waals surface area contributed by atoms with Crippen LogP contribution in [0.15, 0.2) is 53.7 Å². The number of fused-ring (bicyclic) bond motifs is 1. The number of amides is 2. The van der Waals surface area contributed by atoms with Crippen LogP contribution in [0, 0.1) is 5.82 Å². The van der Waals surface area contributed by atoms with E-state index in [9.17, 15) is 18.8 Å². The van der Waals surface area contributed by atoms with Crippen LogP contribution in [0.3, 0.4) is 0 Å². The van der Waals surface area contributed by atoms with Gasteiger partial charge in [0.15, 0.2) is 11.0 Å². The highest BCUT2D eigenvalue weighted by Gasteiger charge is 2.28. The molecule has 0 unspecified atom stereocenters. The van der Waals surface area contributed by atoms with Gasteiger partial charge in [0.2, 0.25) is 5.91 Å². The molecule has 2 heterocycles. The van der Waals surface area contributed by atoms with Crippen molar-refractivity contribution in [3.8, 4) is 11.4 Å². The van der Waals surface area contributed by atoms with Gasteiger partial charge in [-0.1, -0.05) is 23.9 Å². The number of thioether (sulfide) groups is 1. The number of hydrogen-bond donors (Lipinski definition) is 2. The minimum Gasteiger partial charge on any atom is -0.496 e. The highest BCUT2D eigenvalue weighted by atomic mass is 32.2. The maximum Gasteiger partial charge on any atom is 0.341 e. The van der Waals surface area contributed by atoms with Crippen molar-refractivity contribution in [3.05, 3.63) is 81.7 Å². The number of carbonyl (C=O) groups is 3. The summed E-state index contributed by atoms with van der Waals surface area (Å²) in [6.45, 7) is 2.00. The first kappa shape index (κ1) is 29.3. The van der Waals surface area contributed by atoms with Crippen molar-refractivity contribution < 1.29 is 28.2 Å². The van der Waals surface area contributed by atoms with E-state index in [1.165, 1.54) is 30.6 Å². The normalized spacial score (nSPS) is 12.1. The van der Waals surface area contributed by atoms with Gasteiger partial charge in [0.05, 0.1) is 37.1 Å². The Morgan fingerprint density at radius 3 is 2.64 bits per heavy atom. The summed E-state index contributed by atoms with van der Waals surface area (Å²) in [5.74, 6) is -0.758. The topological polar surface area (TPSA) is 124 Å². The number of esters is 1. The van der Waals surface area contributed by atoms with Gasteiger partial charge in [0.25, 0.3) is 5.91 Å². The molecule has 1 aliphatic carbocycles. The molecule has 2 amide bonds. The summed E-state index contributed by atoms with van der Waals surface area (Å²) >= 11 is 2.53. The van der Waals surface area contributed by atoms with Crippen molar-refractivity contribution in [3.63, 3.8) is 0 Å². The van der Waals surface area contributed by atoms with Crippen molar-refractivity contribution in [2.24, 2.45) is 0 Å². The van der Waals surface area contributed by atoms with E-state index >= 15 is 0 Å². The monoisotopic (exact) mass is 609 g/mol. The molecule has 0 saturated heterocycles. The van der Waals surface area contributed by atoms with Gasteiger partial charge < -0.3 is 20.1 Å². The number of aromatic nitrogens is 3. The molecule has 2 N–H and O–H groups in total. The Labute approximate surface area is 249 Å². The van der Waals surface area contributed by atoms with Gasteiger partial charge in [-0.3, -0.25) is 14.2 Å². The number of methoxy groups -OCH3 is 1. The minimum absolute atomic E-state index is 0.0116. The van der Waals surface area contributed by atoms with Crippen LogP contribution in [0.2, 0.25) is 0 Å². The minimum atomic E-state index is -0.435. The van der Waals surface area contributed by atoms with Gasteiger partial charge in [-0.15, -0.1) is 21.5 Å². The fourth-order valence-corrected chi connectivity index (χ4v) is 6.71. The lowest BCUT2D eigenvalue weighted by molar-refractivity contribution is -0.113. The highest BCUT2D eigenvalue weighted by molar-refractivity contribution is 7.99. The van der Waals surface area contributed by atoms with E-state index in [0.29, 0.717) is 38.5 Å². The highest BCUT2D eigenvalue weighted by Crippen LogP contribution is 2.39. The van der Waals surface area contributed by atoms with Crippen LogP contribution in [0.1, 0.15) is 50.3 Å². The molecule has 0 aliphatic heterocycles. The SMILES string of the molecule is CCOC(=O)c1c(NC(=O)CSc2nnc(CNC(=O)c3ccccc3OC)n2-c2ccc(F)cc2)sc2c1CCC2. The zero-order valence-electron chi connectivity index (χ0n) is 22.9. The molecule has 0 radical (unpaired) electrons. The van der Waals surface area contributed by atoms with Crippen molar-refractivity contribution in [1.82, 2.24) is 20.1 Å². The number of rotatable bonds is 11. The number of halogens is 1. The van der Waals surface area contributed by atoms with Crippen molar-refractivity contribution in [2.75, 3.05) is 24.8 Å². The van der Waals surface area contributed by atoms with Gasteiger partial charge in [-0.05, 0) is 68.1 Å². The van der Waals surface area contributed by atoms with Crippen LogP contribution >= 0.6 is 23.1 Å². The second-order valence-electron chi connectivity index (χ2n) is 9.21. The molecule has 4 aromatic rings. The van der Waals surface area contributed by atoms with Gasteiger partial charge >= 0.3 is 5.97 Å². The number of hydrogen-bond acceptors (Lipinski definition) is 9. The van der Waals surface area contributed by atoms with E-state index in [0.717, 1.165) is 41.5 Å². The smallest absolute Gasteiger partial charge is 0.341 e. The molecular formula is C29H28FN5O5S2. The van der Waals surface area contributed by atoms with Crippen LogP contribution in [0.5, 0.6) is 5.75 Å². The molecule has 1 aliphatic rings. The fraction of sp³-hybridized carbons (Fsp3) is 0.276. The van der Waals surface area contributed by atoms with Crippen molar-refractivity contribution in [2.45, 2.75) is 37.9 Å². The van der Waals surface area contributed by atoms with Crippen LogP contribution in [0.4, 0.5) is 9.39 Å². The number of para-hydroxylation sites is 1. The third-order valence-electron chi connectivity index (χ3n) is 6.53. The van der Waals surface area contributed by atoms with E-state index in [1.54, 1.807) is 47.9 Å². The summed E-state index contributed by atoms with van der Waals surface area (Å²) in [6.07, 6.45) is 2.62. The summed E-state index contributed by atoms with van der Waals surface area (Å²) in [5.41, 5.74) is 2.32. The number of nitrogens with zero attached hydrogens (tertiary/aromatic N) is 3. The zero-order chi connectivity index (χ0) is 29.6. The lowest BCUT2D eigenvalue weighted by atomic mass is 10.1. The summed E-state index contributed by atoms with van der Waals surface area (Å²) in [6, 6.07) is 12.6. The summed E-state index contributed by atoms with van der Waals surface area (Å²) in [7, 11) is 1.49. The predicted molar refractivity (Wildman–Crippen MR) is 157 cm³/mol. The first-order valence-electron chi connectivity index (χ1n) is 13.2. The molecule has 2 aromatic heterocycles. The molecule has 42 heavy (non-hydrogen) atoms. The number of aryl methyl sites for hydroxylation is 1. The maximum absolute atomic E-state index is 13.7. The average Bonchev–Trinajstić information content (AvgIpc) is 3.70. The van der Waals surface area contributed by atoms with Gasteiger partial charge in [-0.2, -0.15) is 0 Å². The van der Waals surface area contributed by atoms with Gasteiger partial charge in [-0.25, -0.2) is 9.18 Å². The van der Waals surface area contributed by atoms with Crippen molar-refractivity contribution >= 4 is 45.9 Å². The molecule has 0 spiro atoms. The van der Waals surface area contributed by atoms with Crippen LogP contribution < -0.4 is 15.4 Å². The number of carbonyl (C=O) groups excluding carboxylic acids is 3. The molecule has 0 atom stereocenters. The standard InChI is InChI=1S/C29H28FN5O5S2/c1-3-40-28(38)25-20-8-6-10-22(20)42-27(25)32-24(36)16-41-29-34-33-23(35(29)18-13-11-17(30)12-14-18)15-31-26(37)19-7-4-5-9-21(19)39-2/h4-5,7,9,11-14H,3,6,8,10,15-16H2,1-2H3,(H,31,37)(H,32,36). The predicted octanol–water partition coefficient (Wildman–Crippen LogP) is 4.80. The second-order valence-corrected chi connectivity index (χ2v) is 11.3. The quantitative estimate of drug-likeness (QED) is 0.184. The fourth-order valence-electron chi connectivity index (χ4n) is 4.65. The third kappa shape index (κ3) is 6.31. The molecule has 0 bridgehead atoms. The second kappa shape index (κ2) is 13.2. The molecule has 10 nitrogen and oxygen atoms in total. The van der Waals surface area contributed by atoms with E-state index in [1.807, 2.05) is 0 Å². The Bertz CT molecular complexity index is 1620. The average molecular weight is 610 g/mol. The van der Waals surface area contributed by atoms with E-state index < -0.39 is 11.8 Å². The number of thiophene rings is 1. The first-order chi connectivity index (χ1) is 20.4. The molecule has 5 rings (SSSR count). The van der Waals surface area contributed by atoms with Crippen molar-refractivity contribution in [1.29, 1.82) is 0 Å². The Morgan fingerprint density at radius 2 is 1.88 bits per heavy atom. The first-order valence-corrected chi connectivity index (χ1v) is 15.1. The number of benzene rings is 2. The molecule has 0 fully saturated rings. The summed E-state index contributed by atoms with van der Waals surface area (Å²) in [5, 5.41) is 15.0. The molecule has 0 saturated carbocycles.